The average molecular weight is 328 g/mol. The number of hydrogen-bond donors (Lipinski definition) is 1. The van der Waals surface area contributed by atoms with E-state index >= 15 is 0 Å². The summed E-state index contributed by atoms with van der Waals surface area (Å²) in [5.74, 6) is 1.47. The first kappa shape index (κ1) is 15.6. The van der Waals surface area contributed by atoms with Crippen LogP contribution in [0.25, 0.3) is 10.9 Å². The quantitative estimate of drug-likeness (QED) is 0.746. The SMILES string of the molecule is CC(C)(CNc1ncnc2ccccc12)Oc1ccccc1Cl. The first-order chi connectivity index (χ1) is 11.1. The molecule has 0 unspecified atom stereocenters. The molecule has 0 fully saturated rings. The normalized spacial score (nSPS) is 11.4. The molecule has 3 aromatic rings. The molecule has 2 aromatic carbocycles. The van der Waals surface area contributed by atoms with Gasteiger partial charge in [0.25, 0.3) is 0 Å². The van der Waals surface area contributed by atoms with E-state index in [1.807, 2.05) is 62.4 Å². The van der Waals surface area contributed by atoms with Crippen LogP contribution in [-0.2, 0) is 0 Å². The molecule has 1 aromatic heterocycles. The molecule has 0 spiro atoms. The Kier molecular flexibility index (Phi) is 4.35. The van der Waals surface area contributed by atoms with Crippen molar-refractivity contribution in [3.8, 4) is 5.75 Å². The van der Waals surface area contributed by atoms with Crippen molar-refractivity contribution in [3.05, 3.63) is 59.9 Å². The third-order valence-corrected chi connectivity index (χ3v) is 3.76. The minimum atomic E-state index is -0.447. The number of nitrogens with zero attached hydrogens (tertiary/aromatic N) is 2. The lowest BCUT2D eigenvalue weighted by Gasteiger charge is -2.27. The fraction of sp³-hybridized carbons (Fsp3) is 0.222. The number of anilines is 1. The molecule has 0 aliphatic heterocycles. The lowest BCUT2D eigenvalue weighted by atomic mass is 10.1. The van der Waals surface area contributed by atoms with E-state index < -0.39 is 5.60 Å². The van der Waals surface area contributed by atoms with Gasteiger partial charge in [-0.1, -0.05) is 35.9 Å². The van der Waals surface area contributed by atoms with Crippen LogP contribution in [0.2, 0.25) is 5.02 Å². The van der Waals surface area contributed by atoms with Crippen LogP contribution in [0.15, 0.2) is 54.9 Å². The zero-order valence-electron chi connectivity index (χ0n) is 13.1. The van der Waals surface area contributed by atoms with Gasteiger partial charge in [0.2, 0.25) is 0 Å². The van der Waals surface area contributed by atoms with Crippen LogP contribution >= 0.6 is 11.6 Å². The highest BCUT2D eigenvalue weighted by atomic mass is 35.5. The molecule has 5 heteroatoms. The second-order valence-corrected chi connectivity index (χ2v) is 6.29. The van der Waals surface area contributed by atoms with Crippen molar-refractivity contribution in [2.45, 2.75) is 19.4 Å². The molecule has 0 saturated heterocycles. The fourth-order valence-corrected chi connectivity index (χ4v) is 2.48. The number of benzene rings is 2. The third-order valence-electron chi connectivity index (χ3n) is 3.45. The maximum Gasteiger partial charge on any atom is 0.138 e. The minimum Gasteiger partial charge on any atom is -0.484 e. The number of fused-ring (bicyclic) bond motifs is 1. The molecule has 0 bridgehead atoms. The first-order valence-corrected chi connectivity index (χ1v) is 7.80. The minimum absolute atomic E-state index is 0.447. The van der Waals surface area contributed by atoms with Crippen molar-refractivity contribution >= 4 is 28.3 Å². The highest BCUT2D eigenvalue weighted by Crippen LogP contribution is 2.27. The highest BCUT2D eigenvalue weighted by Gasteiger charge is 2.21. The third kappa shape index (κ3) is 3.71. The molecule has 4 nitrogen and oxygen atoms in total. The molecule has 0 aliphatic rings. The van der Waals surface area contributed by atoms with E-state index in [0.717, 1.165) is 16.7 Å². The zero-order chi connectivity index (χ0) is 16.3. The summed E-state index contributed by atoms with van der Waals surface area (Å²) in [6, 6.07) is 15.4. The summed E-state index contributed by atoms with van der Waals surface area (Å²) in [6.07, 6.45) is 1.56. The predicted octanol–water partition coefficient (Wildman–Crippen LogP) is 4.55. The van der Waals surface area contributed by atoms with Gasteiger partial charge < -0.3 is 10.1 Å². The van der Waals surface area contributed by atoms with Gasteiger partial charge in [0.1, 0.15) is 23.5 Å². The average Bonchev–Trinajstić information content (AvgIpc) is 2.55. The van der Waals surface area contributed by atoms with Gasteiger partial charge in [0.15, 0.2) is 0 Å². The van der Waals surface area contributed by atoms with E-state index in [1.54, 1.807) is 6.33 Å². The van der Waals surface area contributed by atoms with E-state index in [1.165, 1.54) is 0 Å². The van der Waals surface area contributed by atoms with Crippen LogP contribution in [0, 0.1) is 0 Å². The van der Waals surface area contributed by atoms with Crippen LogP contribution in [0.3, 0.4) is 0 Å². The second kappa shape index (κ2) is 6.42. The number of nitrogens with one attached hydrogen (secondary N) is 1. The van der Waals surface area contributed by atoms with Gasteiger partial charge >= 0.3 is 0 Å². The lowest BCUT2D eigenvalue weighted by molar-refractivity contribution is 0.123. The number of aromatic nitrogens is 2. The Morgan fingerprint density at radius 1 is 1.04 bits per heavy atom. The van der Waals surface area contributed by atoms with Gasteiger partial charge in [-0.25, -0.2) is 9.97 Å². The number of hydrogen-bond acceptors (Lipinski definition) is 4. The molecule has 118 valence electrons. The highest BCUT2D eigenvalue weighted by molar-refractivity contribution is 6.32. The summed E-state index contributed by atoms with van der Waals surface area (Å²) >= 11 is 6.16. The Labute approximate surface area is 140 Å². The van der Waals surface area contributed by atoms with Crippen molar-refractivity contribution < 1.29 is 4.74 Å². The number of ether oxygens (including phenoxy) is 1. The molecule has 1 heterocycles. The zero-order valence-corrected chi connectivity index (χ0v) is 13.8. The summed E-state index contributed by atoms with van der Waals surface area (Å²) in [7, 11) is 0. The number of rotatable bonds is 5. The van der Waals surface area contributed by atoms with E-state index in [-0.39, 0.29) is 0 Å². The molecular formula is C18H18ClN3O. The van der Waals surface area contributed by atoms with E-state index in [4.69, 9.17) is 16.3 Å². The summed E-state index contributed by atoms with van der Waals surface area (Å²) < 4.78 is 6.03. The molecule has 0 aliphatic carbocycles. The molecule has 0 amide bonds. The van der Waals surface area contributed by atoms with Crippen molar-refractivity contribution in [2.75, 3.05) is 11.9 Å². The lowest BCUT2D eigenvalue weighted by Crippen LogP contribution is -2.36. The molecule has 0 radical (unpaired) electrons. The van der Waals surface area contributed by atoms with Gasteiger partial charge in [-0.05, 0) is 38.1 Å². The molecule has 0 atom stereocenters. The van der Waals surface area contributed by atoms with Gasteiger partial charge in [-0.3, -0.25) is 0 Å². The van der Waals surface area contributed by atoms with Crippen LogP contribution in [0.5, 0.6) is 5.75 Å². The fourth-order valence-electron chi connectivity index (χ4n) is 2.30. The van der Waals surface area contributed by atoms with Crippen molar-refractivity contribution in [1.29, 1.82) is 0 Å². The number of para-hydroxylation sites is 2. The monoisotopic (exact) mass is 327 g/mol. The molecule has 1 N–H and O–H groups in total. The van der Waals surface area contributed by atoms with Crippen LogP contribution in [0.4, 0.5) is 5.82 Å². The Hall–Kier alpha value is -2.33. The Balaban J connectivity index is 1.75. The van der Waals surface area contributed by atoms with Gasteiger partial charge in [-0.2, -0.15) is 0 Å². The van der Waals surface area contributed by atoms with Crippen LogP contribution in [-0.4, -0.2) is 22.1 Å². The van der Waals surface area contributed by atoms with Gasteiger partial charge in [0, 0.05) is 5.39 Å². The maximum absolute atomic E-state index is 6.16. The summed E-state index contributed by atoms with van der Waals surface area (Å²) in [6.45, 7) is 4.60. The van der Waals surface area contributed by atoms with E-state index in [0.29, 0.717) is 17.3 Å². The maximum atomic E-state index is 6.16. The van der Waals surface area contributed by atoms with Crippen molar-refractivity contribution in [3.63, 3.8) is 0 Å². The molecule has 0 saturated carbocycles. The largest absolute Gasteiger partial charge is 0.484 e. The summed E-state index contributed by atoms with van der Waals surface area (Å²) in [5.41, 5.74) is 0.465. The molecular weight excluding hydrogens is 310 g/mol. The second-order valence-electron chi connectivity index (χ2n) is 5.89. The standard InChI is InChI=1S/C18H18ClN3O/c1-18(2,23-16-10-6-4-8-14(16)19)11-20-17-13-7-3-5-9-15(13)21-12-22-17/h3-10,12H,11H2,1-2H3,(H,20,21,22). The summed E-state index contributed by atoms with van der Waals surface area (Å²) in [4.78, 5) is 8.60. The first-order valence-electron chi connectivity index (χ1n) is 7.42. The van der Waals surface area contributed by atoms with E-state index in [9.17, 15) is 0 Å². The van der Waals surface area contributed by atoms with Crippen LogP contribution in [0.1, 0.15) is 13.8 Å². The molecule has 23 heavy (non-hydrogen) atoms. The van der Waals surface area contributed by atoms with E-state index in [2.05, 4.69) is 15.3 Å². The van der Waals surface area contributed by atoms with Gasteiger partial charge in [-0.15, -0.1) is 0 Å². The Morgan fingerprint density at radius 2 is 1.78 bits per heavy atom. The van der Waals surface area contributed by atoms with Crippen molar-refractivity contribution in [2.24, 2.45) is 0 Å². The number of halogens is 1. The predicted molar refractivity (Wildman–Crippen MR) is 94.2 cm³/mol. The smallest absolute Gasteiger partial charge is 0.138 e. The Bertz CT molecular complexity index is 815. The Morgan fingerprint density at radius 3 is 2.61 bits per heavy atom. The van der Waals surface area contributed by atoms with Gasteiger partial charge in [0.05, 0.1) is 17.1 Å². The molecule has 3 rings (SSSR count). The van der Waals surface area contributed by atoms with Crippen molar-refractivity contribution in [1.82, 2.24) is 9.97 Å². The van der Waals surface area contributed by atoms with Crippen LogP contribution < -0.4 is 10.1 Å². The summed E-state index contributed by atoms with van der Waals surface area (Å²) in [5, 5.41) is 4.94. The topological polar surface area (TPSA) is 47.0 Å².